The summed E-state index contributed by atoms with van der Waals surface area (Å²) in [5, 5.41) is 0. The molecule has 128 valence electrons. The van der Waals surface area contributed by atoms with Crippen LogP contribution in [-0.2, 0) is 0 Å². The van der Waals surface area contributed by atoms with E-state index >= 15 is 0 Å². The summed E-state index contributed by atoms with van der Waals surface area (Å²) in [7, 11) is 0. The zero-order valence-corrected chi connectivity index (χ0v) is 14.6. The smallest absolute Gasteiger partial charge is 0.206 e. The summed E-state index contributed by atoms with van der Waals surface area (Å²) in [6, 6.07) is 27.0. The first-order valence-corrected chi connectivity index (χ1v) is 8.59. The van der Waals surface area contributed by atoms with Crippen molar-refractivity contribution >= 4 is 17.6 Å². The average Bonchev–Trinajstić information content (AvgIpc) is 3.24. The number of nitrogens with one attached hydrogen (secondary N) is 1. The molecule has 1 aromatic heterocycles. The van der Waals surface area contributed by atoms with Gasteiger partial charge >= 0.3 is 0 Å². The molecule has 0 aliphatic rings. The van der Waals surface area contributed by atoms with Gasteiger partial charge in [-0.1, -0.05) is 90.5 Å². The topological polar surface area (TPSA) is 28.7 Å². The van der Waals surface area contributed by atoms with Crippen LogP contribution in [0.25, 0.3) is 11.4 Å². The van der Waals surface area contributed by atoms with E-state index in [2.05, 4.69) is 28.9 Å². The summed E-state index contributed by atoms with van der Waals surface area (Å²) in [6.07, 6.45) is 3.57. The summed E-state index contributed by atoms with van der Waals surface area (Å²) in [5.41, 5.74) is 3.35. The molecule has 0 saturated carbocycles. The van der Waals surface area contributed by atoms with Crippen LogP contribution in [0.15, 0.2) is 97.3 Å². The number of hydrogen-bond donors (Lipinski definition) is 1. The summed E-state index contributed by atoms with van der Waals surface area (Å²) < 4.78 is 13.0. The Hall–Kier alpha value is -3.14. The fourth-order valence-corrected chi connectivity index (χ4v) is 2.73. The number of halogens is 1. The Morgan fingerprint density at radius 1 is 0.808 bits per heavy atom. The molecular weight excluding hydrogens is 322 g/mol. The molecule has 1 heterocycles. The normalized spacial score (nSPS) is 9.92. The molecule has 1 N–H and O–H groups in total. The molecule has 0 spiro atoms. The van der Waals surface area contributed by atoms with Crippen LogP contribution < -0.4 is 10.9 Å². The third kappa shape index (κ3) is 4.70. The zero-order chi connectivity index (χ0) is 18.2. The highest BCUT2D eigenvalue weighted by Crippen LogP contribution is 2.11. The van der Waals surface area contributed by atoms with Crippen LogP contribution in [0, 0.1) is 5.82 Å². The van der Waals surface area contributed by atoms with Crippen LogP contribution in [0.3, 0.4) is 0 Å². The van der Waals surface area contributed by atoms with Crippen LogP contribution in [0.1, 0.15) is 0 Å². The van der Waals surface area contributed by atoms with Crippen molar-refractivity contribution in [2.45, 2.75) is 6.82 Å². The lowest BCUT2D eigenvalue weighted by Gasteiger charge is -2.08. The maximum Gasteiger partial charge on any atom is 0.206 e. The number of aromatic nitrogens is 2. The van der Waals surface area contributed by atoms with Gasteiger partial charge < -0.3 is 4.98 Å². The van der Waals surface area contributed by atoms with E-state index < -0.39 is 0 Å². The Balaban J connectivity index is 0.000000158. The van der Waals surface area contributed by atoms with E-state index in [-0.39, 0.29) is 12.5 Å². The Labute approximate surface area is 153 Å². The van der Waals surface area contributed by atoms with Crippen molar-refractivity contribution in [3.05, 3.63) is 103 Å². The van der Waals surface area contributed by atoms with Gasteiger partial charge in [-0.15, -0.1) is 0 Å². The van der Waals surface area contributed by atoms with Crippen molar-refractivity contribution in [2.75, 3.05) is 0 Å². The SMILES string of the molecule is CB(c1ccccc1)c1cccc(F)c1.c1ccc(-c2ncc[nH]2)cc1. The van der Waals surface area contributed by atoms with Crippen LogP contribution in [0.2, 0.25) is 6.82 Å². The number of nitrogens with zero attached hydrogens (tertiary/aromatic N) is 1. The minimum Gasteiger partial charge on any atom is -0.345 e. The second-order valence-electron chi connectivity index (χ2n) is 5.99. The minimum atomic E-state index is -0.171. The molecule has 0 fully saturated rings. The highest BCUT2D eigenvalue weighted by molar-refractivity contribution is 6.84. The van der Waals surface area contributed by atoms with Gasteiger partial charge in [0, 0.05) is 18.0 Å². The Kier molecular flexibility index (Phi) is 5.99. The van der Waals surface area contributed by atoms with Crippen molar-refractivity contribution in [1.82, 2.24) is 9.97 Å². The first-order valence-electron chi connectivity index (χ1n) is 8.59. The molecule has 0 aliphatic heterocycles. The van der Waals surface area contributed by atoms with Crippen molar-refractivity contribution in [2.24, 2.45) is 0 Å². The summed E-state index contributed by atoms with van der Waals surface area (Å²) >= 11 is 0. The molecule has 3 aromatic carbocycles. The fourth-order valence-electron chi connectivity index (χ4n) is 2.73. The standard InChI is InChI=1S/C13H12BF.C9H8N2/c1-14(11-6-3-2-4-7-11)12-8-5-9-13(15)10-12;1-2-4-8(5-3-1)9-10-6-7-11-9/h2-10H,1H3;1-7H,(H,10,11). The molecule has 0 aliphatic carbocycles. The average molecular weight is 342 g/mol. The van der Waals surface area contributed by atoms with E-state index in [1.165, 1.54) is 11.5 Å². The zero-order valence-electron chi connectivity index (χ0n) is 14.6. The molecule has 26 heavy (non-hydrogen) atoms. The highest BCUT2D eigenvalue weighted by atomic mass is 19.1. The van der Waals surface area contributed by atoms with E-state index in [4.69, 9.17) is 0 Å². The molecule has 4 rings (SSSR count). The molecule has 0 unspecified atom stereocenters. The molecular formula is C22H20BFN2. The minimum absolute atomic E-state index is 0.171. The Bertz CT molecular complexity index is 909. The van der Waals surface area contributed by atoms with Gasteiger partial charge in [0.15, 0.2) is 0 Å². The summed E-state index contributed by atoms with van der Waals surface area (Å²) in [6.45, 7) is 2.33. The van der Waals surface area contributed by atoms with Gasteiger partial charge in [0.05, 0.1) is 0 Å². The van der Waals surface area contributed by atoms with E-state index in [1.54, 1.807) is 18.3 Å². The molecule has 4 aromatic rings. The van der Waals surface area contributed by atoms with Gasteiger partial charge in [-0.05, 0) is 12.1 Å². The Morgan fingerprint density at radius 3 is 2.08 bits per heavy atom. The first kappa shape index (κ1) is 17.7. The van der Waals surface area contributed by atoms with Crippen molar-refractivity contribution in [3.8, 4) is 11.4 Å². The predicted molar refractivity (Wildman–Crippen MR) is 108 cm³/mol. The number of rotatable bonds is 3. The number of hydrogen-bond acceptors (Lipinski definition) is 1. The largest absolute Gasteiger partial charge is 0.345 e. The lowest BCUT2D eigenvalue weighted by atomic mass is 9.43. The summed E-state index contributed by atoms with van der Waals surface area (Å²) in [5.74, 6) is 0.751. The lowest BCUT2D eigenvalue weighted by molar-refractivity contribution is 0.629. The second-order valence-corrected chi connectivity index (χ2v) is 5.99. The molecule has 0 saturated heterocycles. The maximum atomic E-state index is 13.0. The number of aromatic amines is 1. The van der Waals surface area contributed by atoms with Gasteiger partial charge in [-0.2, -0.15) is 0 Å². The van der Waals surface area contributed by atoms with Crippen molar-refractivity contribution < 1.29 is 4.39 Å². The maximum absolute atomic E-state index is 13.0. The number of H-pyrrole nitrogens is 1. The molecule has 2 nitrogen and oxygen atoms in total. The Morgan fingerprint density at radius 2 is 1.46 bits per heavy atom. The van der Waals surface area contributed by atoms with Gasteiger partial charge in [0.25, 0.3) is 0 Å². The fraction of sp³-hybridized carbons (Fsp3) is 0.0455. The van der Waals surface area contributed by atoms with Gasteiger partial charge in [-0.3, -0.25) is 0 Å². The van der Waals surface area contributed by atoms with Crippen LogP contribution >= 0.6 is 0 Å². The molecule has 0 radical (unpaired) electrons. The molecule has 0 amide bonds. The molecule has 4 heteroatoms. The van der Waals surface area contributed by atoms with Crippen LogP contribution in [-0.4, -0.2) is 16.7 Å². The number of benzene rings is 3. The summed E-state index contributed by atoms with van der Waals surface area (Å²) in [4.78, 5) is 7.17. The molecule has 0 bridgehead atoms. The highest BCUT2D eigenvalue weighted by Gasteiger charge is 2.12. The van der Waals surface area contributed by atoms with E-state index in [0.717, 1.165) is 16.9 Å². The second kappa shape index (κ2) is 8.81. The van der Waals surface area contributed by atoms with Gasteiger partial charge in [-0.25, -0.2) is 9.37 Å². The van der Waals surface area contributed by atoms with Crippen LogP contribution in [0.4, 0.5) is 4.39 Å². The third-order valence-electron chi connectivity index (χ3n) is 4.19. The quantitative estimate of drug-likeness (QED) is 0.557. The van der Waals surface area contributed by atoms with Crippen LogP contribution in [0.5, 0.6) is 0 Å². The predicted octanol–water partition coefficient (Wildman–Crippen LogP) is 4.14. The third-order valence-corrected chi connectivity index (χ3v) is 4.19. The van der Waals surface area contributed by atoms with E-state index in [1.807, 2.05) is 60.8 Å². The van der Waals surface area contributed by atoms with Gasteiger partial charge in [0.1, 0.15) is 11.6 Å². The lowest BCUT2D eigenvalue weighted by Crippen LogP contribution is -2.39. The first-order chi connectivity index (χ1) is 12.7. The van der Waals surface area contributed by atoms with E-state index in [9.17, 15) is 4.39 Å². The monoisotopic (exact) mass is 342 g/mol. The number of imidazole rings is 1. The van der Waals surface area contributed by atoms with Crippen molar-refractivity contribution in [1.29, 1.82) is 0 Å². The molecule has 0 atom stereocenters. The van der Waals surface area contributed by atoms with Crippen molar-refractivity contribution in [3.63, 3.8) is 0 Å². The van der Waals surface area contributed by atoms with E-state index in [0.29, 0.717) is 0 Å². The van der Waals surface area contributed by atoms with Gasteiger partial charge in [0.2, 0.25) is 6.71 Å².